The minimum atomic E-state index is 0.294. The lowest BCUT2D eigenvalue weighted by molar-refractivity contribution is -0.128. The van der Waals surface area contributed by atoms with Crippen LogP contribution in [0.25, 0.3) is 0 Å². The van der Waals surface area contributed by atoms with E-state index in [4.69, 9.17) is 0 Å². The molecular formula is C9H18N2O. The highest BCUT2D eigenvalue weighted by molar-refractivity contribution is 5.79. The van der Waals surface area contributed by atoms with Gasteiger partial charge in [-0.15, -0.1) is 0 Å². The molecule has 1 rings (SSSR count). The van der Waals surface area contributed by atoms with E-state index in [1.807, 2.05) is 11.9 Å². The van der Waals surface area contributed by atoms with E-state index in [0.717, 1.165) is 13.1 Å². The molecule has 0 aromatic rings. The highest BCUT2D eigenvalue weighted by Gasteiger charge is 2.28. The van der Waals surface area contributed by atoms with Crippen molar-refractivity contribution in [1.29, 1.82) is 0 Å². The first kappa shape index (κ1) is 9.52. The molecule has 3 nitrogen and oxygen atoms in total. The van der Waals surface area contributed by atoms with E-state index in [9.17, 15) is 4.79 Å². The summed E-state index contributed by atoms with van der Waals surface area (Å²) in [5.41, 5.74) is 0. The van der Waals surface area contributed by atoms with Crippen LogP contribution in [0.5, 0.6) is 0 Å². The number of likely N-dealkylation sites (tertiary alicyclic amines) is 1. The van der Waals surface area contributed by atoms with Gasteiger partial charge in [-0.3, -0.25) is 4.79 Å². The third kappa shape index (κ3) is 2.21. The van der Waals surface area contributed by atoms with Crippen molar-refractivity contribution in [3.05, 3.63) is 0 Å². The quantitative estimate of drug-likeness (QED) is 0.667. The Kier molecular flexibility index (Phi) is 3.09. The summed E-state index contributed by atoms with van der Waals surface area (Å²) in [5, 5.41) is 3.14. The normalized spacial score (nSPS) is 24.2. The largest absolute Gasteiger partial charge is 0.341 e. The number of likely N-dealkylation sites (N-methyl/N-ethyl adjacent to an activating group) is 1. The van der Waals surface area contributed by atoms with Gasteiger partial charge < -0.3 is 10.2 Å². The molecule has 1 saturated heterocycles. The molecule has 0 aliphatic carbocycles. The summed E-state index contributed by atoms with van der Waals surface area (Å²) in [6.07, 6.45) is 0.670. The summed E-state index contributed by atoms with van der Waals surface area (Å²) in [6.45, 7) is 6.06. The first-order chi connectivity index (χ1) is 5.63. The van der Waals surface area contributed by atoms with Gasteiger partial charge in [0.25, 0.3) is 0 Å². The molecule has 1 heterocycles. The van der Waals surface area contributed by atoms with E-state index in [1.54, 1.807) is 0 Å². The van der Waals surface area contributed by atoms with Gasteiger partial charge in [0.2, 0.25) is 5.91 Å². The van der Waals surface area contributed by atoms with E-state index in [0.29, 0.717) is 24.3 Å². The van der Waals surface area contributed by atoms with Crippen molar-refractivity contribution in [2.75, 3.05) is 20.1 Å². The Hall–Kier alpha value is -0.570. The Morgan fingerprint density at radius 1 is 1.67 bits per heavy atom. The fourth-order valence-electron chi connectivity index (χ4n) is 1.58. The fourth-order valence-corrected chi connectivity index (χ4v) is 1.58. The summed E-state index contributed by atoms with van der Waals surface area (Å²) in [6, 6.07) is 0.372. The summed E-state index contributed by atoms with van der Waals surface area (Å²) >= 11 is 0. The molecule has 70 valence electrons. The van der Waals surface area contributed by atoms with Crippen molar-refractivity contribution in [1.82, 2.24) is 10.2 Å². The zero-order valence-corrected chi connectivity index (χ0v) is 8.13. The first-order valence-corrected chi connectivity index (χ1v) is 4.58. The van der Waals surface area contributed by atoms with Gasteiger partial charge in [-0.25, -0.2) is 0 Å². The van der Waals surface area contributed by atoms with Gasteiger partial charge in [0.15, 0.2) is 0 Å². The standard InChI is InChI=1S/C9H18N2O/c1-7(2)5-11-6-8(10-3)4-9(11)12/h7-8,10H,4-6H2,1-3H3. The molecule has 3 heteroatoms. The van der Waals surface area contributed by atoms with Crippen molar-refractivity contribution in [3.8, 4) is 0 Å². The molecule has 1 aliphatic rings. The van der Waals surface area contributed by atoms with Crippen LogP contribution in [0.4, 0.5) is 0 Å². The van der Waals surface area contributed by atoms with Gasteiger partial charge in [0.05, 0.1) is 0 Å². The maximum absolute atomic E-state index is 11.4. The van der Waals surface area contributed by atoms with Crippen LogP contribution >= 0.6 is 0 Å². The molecule has 0 aromatic heterocycles. The number of carbonyl (C=O) groups is 1. The minimum absolute atomic E-state index is 0.294. The molecule has 1 atom stereocenters. The van der Waals surface area contributed by atoms with E-state index in [-0.39, 0.29) is 0 Å². The molecule has 0 radical (unpaired) electrons. The molecule has 1 unspecified atom stereocenters. The predicted molar refractivity (Wildman–Crippen MR) is 48.9 cm³/mol. The number of rotatable bonds is 3. The smallest absolute Gasteiger partial charge is 0.224 e. The Labute approximate surface area is 74.1 Å². The lowest BCUT2D eigenvalue weighted by Crippen LogP contribution is -2.32. The van der Waals surface area contributed by atoms with Crippen molar-refractivity contribution in [2.24, 2.45) is 5.92 Å². The van der Waals surface area contributed by atoms with Gasteiger partial charge >= 0.3 is 0 Å². The van der Waals surface area contributed by atoms with Crippen LogP contribution in [-0.4, -0.2) is 37.0 Å². The molecule has 0 spiro atoms. The maximum Gasteiger partial charge on any atom is 0.224 e. The molecule has 0 aromatic carbocycles. The van der Waals surface area contributed by atoms with E-state index in [1.165, 1.54) is 0 Å². The van der Waals surface area contributed by atoms with Gasteiger partial charge in [0, 0.05) is 25.6 Å². The summed E-state index contributed by atoms with van der Waals surface area (Å²) in [7, 11) is 1.91. The summed E-state index contributed by atoms with van der Waals surface area (Å²) < 4.78 is 0. The number of hydrogen-bond donors (Lipinski definition) is 1. The monoisotopic (exact) mass is 170 g/mol. The van der Waals surface area contributed by atoms with Gasteiger partial charge in [-0.2, -0.15) is 0 Å². The second-order valence-electron chi connectivity index (χ2n) is 3.88. The number of nitrogens with one attached hydrogen (secondary N) is 1. The number of carbonyl (C=O) groups excluding carboxylic acids is 1. The second-order valence-corrected chi connectivity index (χ2v) is 3.88. The molecule has 1 fully saturated rings. The Morgan fingerprint density at radius 2 is 2.33 bits per heavy atom. The molecule has 0 saturated carbocycles. The van der Waals surface area contributed by atoms with Crippen LogP contribution in [0, 0.1) is 5.92 Å². The van der Waals surface area contributed by atoms with E-state index < -0.39 is 0 Å². The van der Waals surface area contributed by atoms with Crippen LogP contribution in [0.1, 0.15) is 20.3 Å². The molecule has 1 N–H and O–H groups in total. The predicted octanol–water partition coefficient (Wildman–Crippen LogP) is 0.463. The third-order valence-corrected chi connectivity index (χ3v) is 2.21. The zero-order valence-electron chi connectivity index (χ0n) is 8.13. The third-order valence-electron chi connectivity index (χ3n) is 2.21. The number of amides is 1. The molecule has 0 bridgehead atoms. The molecule has 1 aliphatic heterocycles. The number of hydrogen-bond acceptors (Lipinski definition) is 2. The lowest BCUT2D eigenvalue weighted by Gasteiger charge is -2.18. The van der Waals surface area contributed by atoms with Crippen molar-refractivity contribution < 1.29 is 4.79 Å². The van der Waals surface area contributed by atoms with Crippen molar-refractivity contribution >= 4 is 5.91 Å². The maximum atomic E-state index is 11.4. The average Bonchev–Trinajstić information content (AvgIpc) is 2.31. The SMILES string of the molecule is CNC1CC(=O)N(CC(C)C)C1. The highest BCUT2D eigenvalue weighted by atomic mass is 16.2. The summed E-state index contributed by atoms with van der Waals surface area (Å²) in [5.74, 6) is 0.868. The van der Waals surface area contributed by atoms with Crippen LogP contribution < -0.4 is 5.32 Å². The Morgan fingerprint density at radius 3 is 2.75 bits per heavy atom. The van der Waals surface area contributed by atoms with Crippen LogP contribution in [0.15, 0.2) is 0 Å². The second kappa shape index (κ2) is 3.90. The highest BCUT2D eigenvalue weighted by Crippen LogP contribution is 2.12. The Balaban J connectivity index is 2.41. The molecule has 1 amide bonds. The van der Waals surface area contributed by atoms with Crippen molar-refractivity contribution in [2.45, 2.75) is 26.3 Å². The first-order valence-electron chi connectivity index (χ1n) is 4.58. The summed E-state index contributed by atoms with van der Waals surface area (Å²) in [4.78, 5) is 13.3. The molecule has 12 heavy (non-hydrogen) atoms. The Bertz CT molecular complexity index is 168. The van der Waals surface area contributed by atoms with Crippen LogP contribution in [0.2, 0.25) is 0 Å². The van der Waals surface area contributed by atoms with Gasteiger partial charge in [0.1, 0.15) is 0 Å². The van der Waals surface area contributed by atoms with Gasteiger partial charge in [-0.1, -0.05) is 13.8 Å². The fraction of sp³-hybridized carbons (Fsp3) is 0.889. The van der Waals surface area contributed by atoms with Crippen LogP contribution in [0.3, 0.4) is 0 Å². The lowest BCUT2D eigenvalue weighted by atomic mass is 10.2. The number of nitrogens with zero attached hydrogens (tertiary/aromatic N) is 1. The van der Waals surface area contributed by atoms with E-state index in [2.05, 4.69) is 19.2 Å². The van der Waals surface area contributed by atoms with Crippen molar-refractivity contribution in [3.63, 3.8) is 0 Å². The minimum Gasteiger partial charge on any atom is -0.341 e. The zero-order chi connectivity index (χ0) is 9.14. The van der Waals surface area contributed by atoms with Gasteiger partial charge in [-0.05, 0) is 13.0 Å². The van der Waals surface area contributed by atoms with Crippen LogP contribution in [-0.2, 0) is 4.79 Å². The average molecular weight is 170 g/mol. The molecular weight excluding hydrogens is 152 g/mol. The topological polar surface area (TPSA) is 32.3 Å². The van der Waals surface area contributed by atoms with E-state index >= 15 is 0 Å².